The van der Waals surface area contributed by atoms with E-state index in [2.05, 4.69) is 0 Å². The van der Waals surface area contributed by atoms with Crippen LogP contribution in [0.1, 0.15) is 53.4 Å². The molecule has 4 heteroatoms. The summed E-state index contributed by atoms with van der Waals surface area (Å²) in [5, 5.41) is 10.2. The van der Waals surface area contributed by atoms with Crippen LogP contribution in [0.5, 0.6) is 0 Å². The fourth-order valence-electron chi connectivity index (χ4n) is 2.62. The zero-order chi connectivity index (χ0) is 15.3. The number of ketones is 1. The Kier molecular flexibility index (Phi) is 5.93. The molecule has 114 valence electrons. The van der Waals surface area contributed by atoms with Gasteiger partial charge in [-0.05, 0) is 25.7 Å². The van der Waals surface area contributed by atoms with Crippen molar-refractivity contribution in [3.05, 3.63) is 12.2 Å². The van der Waals surface area contributed by atoms with Crippen LogP contribution in [0.25, 0.3) is 0 Å². The van der Waals surface area contributed by atoms with E-state index < -0.39 is 11.7 Å². The lowest BCUT2D eigenvalue weighted by molar-refractivity contribution is -0.150. The minimum Gasteiger partial charge on any atom is -0.461 e. The molecule has 0 aromatic heterocycles. The highest BCUT2D eigenvalue weighted by atomic mass is 16.5. The molecule has 1 N–H and O–H groups in total. The second-order valence-corrected chi connectivity index (χ2v) is 6.28. The standard InChI is InChI=1S/C16H26O4/c1-11(2)14-7-9-16(4,19)8-5-6-13(18)10-15(14)20-12(3)17/h7,9,11,14-15,19H,5-6,8,10H2,1-4H3. The first-order valence-corrected chi connectivity index (χ1v) is 7.32. The van der Waals surface area contributed by atoms with E-state index in [9.17, 15) is 14.7 Å². The zero-order valence-corrected chi connectivity index (χ0v) is 12.9. The largest absolute Gasteiger partial charge is 0.461 e. The van der Waals surface area contributed by atoms with Crippen molar-refractivity contribution in [2.75, 3.05) is 0 Å². The number of esters is 1. The molecule has 0 aromatic rings. The van der Waals surface area contributed by atoms with E-state index in [0.717, 1.165) is 0 Å². The summed E-state index contributed by atoms with van der Waals surface area (Å²) in [6.45, 7) is 7.15. The number of hydrogen-bond acceptors (Lipinski definition) is 4. The Morgan fingerprint density at radius 1 is 1.50 bits per heavy atom. The number of carbonyl (C=O) groups is 2. The normalized spacial score (nSPS) is 32.2. The van der Waals surface area contributed by atoms with Gasteiger partial charge in [-0.25, -0.2) is 0 Å². The maximum Gasteiger partial charge on any atom is 0.302 e. The van der Waals surface area contributed by atoms with E-state index in [-0.39, 0.29) is 30.0 Å². The van der Waals surface area contributed by atoms with Crippen molar-refractivity contribution in [2.45, 2.75) is 65.1 Å². The summed E-state index contributed by atoms with van der Waals surface area (Å²) in [5.74, 6) is -0.121. The van der Waals surface area contributed by atoms with Gasteiger partial charge in [0.15, 0.2) is 0 Å². The Morgan fingerprint density at radius 2 is 2.15 bits per heavy atom. The van der Waals surface area contributed by atoms with Crippen LogP contribution in [0.15, 0.2) is 12.2 Å². The average Bonchev–Trinajstić information content (AvgIpc) is 2.26. The van der Waals surface area contributed by atoms with Crippen molar-refractivity contribution in [3.63, 3.8) is 0 Å². The number of carbonyl (C=O) groups excluding carboxylic acids is 2. The van der Waals surface area contributed by atoms with Crippen LogP contribution in [-0.4, -0.2) is 28.6 Å². The van der Waals surface area contributed by atoms with Crippen LogP contribution in [0, 0.1) is 11.8 Å². The summed E-state index contributed by atoms with van der Waals surface area (Å²) in [6.07, 6.45) is 5.14. The Labute approximate surface area is 121 Å². The molecule has 0 bridgehead atoms. The quantitative estimate of drug-likeness (QED) is 0.624. The second-order valence-electron chi connectivity index (χ2n) is 6.28. The Hall–Kier alpha value is -1.16. The van der Waals surface area contributed by atoms with Crippen LogP contribution in [0.4, 0.5) is 0 Å². The van der Waals surface area contributed by atoms with Crippen LogP contribution >= 0.6 is 0 Å². The Morgan fingerprint density at radius 3 is 2.70 bits per heavy atom. The fraction of sp³-hybridized carbons (Fsp3) is 0.750. The highest BCUT2D eigenvalue weighted by Gasteiger charge is 2.29. The molecule has 3 unspecified atom stereocenters. The lowest BCUT2D eigenvalue weighted by Crippen LogP contribution is -2.33. The molecule has 4 nitrogen and oxygen atoms in total. The van der Waals surface area contributed by atoms with Crippen molar-refractivity contribution in [1.29, 1.82) is 0 Å². The van der Waals surface area contributed by atoms with Crippen molar-refractivity contribution in [1.82, 2.24) is 0 Å². The molecule has 0 radical (unpaired) electrons. The molecule has 0 saturated carbocycles. The van der Waals surface area contributed by atoms with Crippen molar-refractivity contribution < 1.29 is 19.4 Å². The molecule has 0 fully saturated rings. The van der Waals surface area contributed by atoms with Gasteiger partial charge in [0.25, 0.3) is 0 Å². The predicted octanol–water partition coefficient (Wildman–Crippen LogP) is 2.64. The van der Waals surface area contributed by atoms with Gasteiger partial charge in [0.2, 0.25) is 0 Å². The number of Topliss-reactive ketones (excluding diaryl/α,β-unsaturated/α-hetero) is 1. The maximum atomic E-state index is 12.0. The molecule has 0 aliphatic heterocycles. The van der Waals surface area contributed by atoms with Crippen LogP contribution in [0.3, 0.4) is 0 Å². The van der Waals surface area contributed by atoms with Crippen molar-refractivity contribution >= 4 is 11.8 Å². The topological polar surface area (TPSA) is 63.6 Å². The van der Waals surface area contributed by atoms with Gasteiger partial charge >= 0.3 is 5.97 Å². The zero-order valence-electron chi connectivity index (χ0n) is 12.9. The van der Waals surface area contributed by atoms with E-state index in [4.69, 9.17) is 4.74 Å². The van der Waals surface area contributed by atoms with Gasteiger partial charge in [-0.15, -0.1) is 0 Å². The van der Waals surface area contributed by atoms with E-state index >= 15 is 0 Å². The molecule has 0 saturated heterocycles. The van der Waals surface area contributed by atoms with Crippen molar-refractivity contribution in [3.8, 4) is 0 Å². The lowest BCUT2D eigenvalue weighted by atomic mass is 9.83. The lowest BCUT2D eigenvalue weighted by Gasteiger charge is -2.29. The number of rotatable bonds is 2. The molecule has 0 heterocycles. The molecular formula is C16H26O4. The fourth-order valence-corrected chi connectivity index (χ4v) is 2.62. The van der Waals surface area contributed by atoms with Gasteiger partial charge in [-0.2, -0.15) is 0 Å². The molecule has 3 atom stereocenters. The third-order valence-corrected chi connectivity index (χ3v) is 3.76. The highest BCUT2D eigenvalue weighted by molar-refractivity contribution is 5.79. The minimum absolute atomic E-state index is 0.0626. The highest BCUT2D eigenvalue weighted by Crippen LogP contribution is 2.27. The average molecular weight is 282 g/mol. The Balaban J connectivity index is 3.04. The smallest absolute Gasteiger partial charge is 0.302 e. The summed E-state index contributed by atoms with van der Waals surface area (Å²) >= 11 is 0. The van der Waals surface area contributed by atoms with Gasteiger partial charge < -0.3 is 9.84 Å². The number of ether oxygens (including phenoxy) is 1. The molecule has 0 amide bonds. The van der Waals surface area contributed by atoms with Gasteiger partial charge in [0.1, 0.15) is 11.9 Å². The number of aliphatic hydroxyl groups is 1. The summed E-state index contributed by atoms with van der Waals surface area (Å²) in [6, 6.07) is 0. The molecule has 1 aliphatic rings. The minimum atomic E-state index is -0.911. The molecule has 0 aromatic carbocycles. The summed E-state index contributed by atoms with van der Waals surface area (Å²) < 4.78 is 5.34. The van der Waals surface area contributed by atoms with E-state index in [1.165, 1.54) is 6.92 Å². The number of hydrogen-bond donors (Lipinski definition) is 1. The van der Waals surface area contributed by atoms with E-state index in [0.29, 0.717) is 19.3 Å². The van der Waals surface area contributed by atoms with Gasteiger partial charge in [-0.3, -0.25) is 9.59 Å². The summed E-state index contributed by atoms with van der Waals surface area (Å²) in [5.41, 5.74) is -0.911. The third-order valence-electron chi connectivity index (χ3n) is 3.76. The van der Waals surface area contributed by atoms with E-state index in [1.807, 2.05) is 19.9 Å². The first-order valence-electron chi connectivity index (χ1n) is 7.32. The maximum absolute atomic E-state index is 12.0. The van der Waals surface area contributed by atoms with Gasteiger partial charge in [-0.1, -0.05) is 26.0 Å². The van der Waals surface area contributed by atoms with Crippen LogP contribution < -0.4 is 0 Å². The summed E-state index contributed by atoms with van der Waals surface area (Å²) in [4.78, 5) is 23.2. The monoisotopic (exact) mass is 282 g/mol. The van der Waals surface area contributed by atoms with E-state index in [1.54, 1.807) is 13.0 Å². The van der Waals surface area contributed by atoms with Crippen LogP contribution in [-0.2, 0) is 14.3 Å². The van der Waals surface area contributed by atoms with Gasteiger partial charge in [0, 0.05) is 25.7 Å². The molecule has 20 heavy (non-hydrogen) atoms. The molecular weight excluding hydrogens is 256 g/mol. The van der Waals surface area contributed by atoms with Crippen molar-refractivity contribution in [2.24, 2.45) is 11.8 Å². The predicted molar refractivity (Wildman–Crippen MR) is 77.1 cm³/mol. The van der Waals surface area contributed by atoms with Gasteiger partial charge in [0.05, 0.1) is 5.60 Å². The van der Waals surface area contributed by atoms with Crippen LogP contribution in [0.2, 0.25) is 0 Å². The summed E-state index contributed by atoms with van der Waals surface area (Å²) in [7, 11) is 0. The molecule has 1 rings (SSSR count). The second kappa shape index (κ2) is 7.02. The Bertz CT molecular complexity index is 382. The molecule has 0 spiro atoms. The SMILES string of the molecule is CC(=O)OC1CC(=O)CCCC(C)(O)C=CC1C(C)C. The first-order chi connectivity index (χ1) is 9.21. The third kappa shape index (κ3) is 5.45. The first kappa shape index (κ1) is 16.9. The molecule has 1 aliphatic carbocycles.